The van der Waals surface area contributed by atoms with Crippen LogP contribution in [0.15, 0.2) is 71.8 Å². The van der Waals surface area contributed by atoms with Crippen molar-refractivity contribution >= 4 is 28.5 Å². The van der Waals surface area contributed by atoms with E-state index in [1.807, 2.05) is 48.5 Å². The number of benzene rings is 2. The fourth-order valence-corrected chi connectivity index (χ4v) is 5.40. The number of allylic oxidation sites excluding steroid dienone is 1. The predicted octanol–water partition coefficient (Wildman–Crippen LogP) is 5.60. The molecule has 1 aliphatic heterocycles. The number of fused-ring (bicyclic) bond motifs is 2. The zero-order valence-electron chi connectivity index (χ0n) is 17.4. The largest absolute Gasteiger partial charge is 0.493 e. The summed E-state index contributed by atoms with van der Waals surface area (Å²) in [5, 5.41) is 9.25. The molecule has 3 aromatic rings. The van der Waals surface area contributed by atoms with Gasteiger partial charge in [-0.05, 0) is 29.6 Å². The van der Waals surface area contributed by atoms with Crippen molar-refractivity contribution in [2.24, 2.45) is 5.92 Å². The number of ketones is 1. The number of methoxy groups -OCH3 is 2. The molecule has 6 heteroatoms. The van der Waals surface area contributed by atoms with E-state index in [1.165, 1.54) is 4.88 Å². The van der Waals surface area contributed by atoms with Gasteiger partial charge in [0.15, 0.2) is 11.5 Å². The van der Waals surface area contributed by atoms with Crippen LogP contribution in [0.3, 0.4) is 0 Å². The van der Waals surface area contributed by atoms with Crippen LogP contribution in [0.4, 0.5) is 11.4 Å². The number of hydrogen-bond acceptors (Lipinski definition) is 6. The van der Waals surface area contributed by atoms with Crippen LogP contribution in [0.2, 0.25) is 0 Å². The molecule has 2 N–H and O–H groups in total. The number of ether oxygens (including phenoxy) is 2. The number of nitrogens with one attached hydrogen (secondary N) is 2. The fourth-order valence-electron chi connectivity index (χ4n) is 4.60. The van der Waals surface area contributed by atoms with E-state index in [4.69, 9.17) is 9.47 Å². The highest BCUT2D eigenvalue weighted by atomic mass is 32.1. The molecule has 1 aromatic heterocycles. The van der Waals surface area contributed by atoms with Crippen LogP contribution in [0, 0.1) is 5.92 Å². The second-order valence-electron chi connectivity index (χ2n) is 7.77. The maximum absolute atomic E-state index is 13.6. The summed E-state index contributed by atoms with van der Waals surface area (Å²) in [6.07, 6.45) is 2.71. The summed E-state index contributed by atoms with van der Waals surface area (Å²) in [6, 6.07) is 17.7. The summed E-state index contributed by atoms with van der Waals surface area (Å²) in [5.74, 6) is 1.24. The quantitative estimate of drug-likeness (QED) is 0.562. The topological polar surface area (TPSA) is 59.6 Å². The highest BCUT2D eigenvalue weighted by molar-refractivity contribution is 7.10. The third-order valence-corrected chi connectivity index (χ3v) is 7.02. The number of carbonyl (C=O) groups excluding carboxylic acids is 1. The maximum atomic E-state index is 13.6. The molecule has 3 atom stereocenters. The molecule has 0 saturated heterocycles. The van der Waals surface area contributed by atoms with Gasteiger partial charge in [-0.25, -0.2) is 0 Å². The van der Waals surface area contributed by atoms with Crippen molar-refractivity contribution in [2.45, 2.75) is 18.4 Å². The van der Waals surface area contributed by atoms with Gasteiger partial charge in [0.1, 0.15) is 5.78 Å². The Balaban J connectivity index is 1.67. The van der Waals surface area contributed by atoms with Gasteiger partial charge in [-0.15, -0.1) is 11.3 Å². The van der Waals surface area contributed by atoms with Crippen LogP contribution in [-0.4, -0.2) is 20.0 Å². The molecule has 0 bridgehead atoms. The monoisotopic (exact) mass is 432 g/mol. The Morgan fingerprint density at radius 1 is 0.968 bits per heavy atom. The Morgan fingerprint density at radius 3 is 2.55 bits per heavy atom. The van der Waals surface area contributed by atoms with Crippen molar-refractivity contribution in [2.75, 3.05) is 24.9 Å². The Bertz CT molecular complexity index is 1140. The summed E-state index contributed by atoms with van der Waals surface area (Å²) in [4.78, 5) is 14.8. The van der Waals surface area contributed by atoms with Gasteiger partial charge < -0.3 is 20.1 Å². The van der Waals surface area contributed by atoms with Gasteiger partial charge in [-0.2, -0.15) is 0 Å². The molecule has 3 unspecified atom stereocenters. The molecule has 0 fully saturated rings. The van der Waals surface area contributed by atoms with Gasteiger partial charge in [0.05, 0.1) is 37.6 Å². The Kier molecular flexibility index (Phi) is 5.16. The van der Waals surface area contributed by atoms with Crippen LogP contribution in [0.5, 0.6) is 11.5 Å². The molecule has 0 spiro atoms. The first-order chi connectivity index (χ1) is 15.2. The smallest absolute Gasteiger partial charge is 0.166 e. The Hall–Kier alpha value is -3.25. The van der Waals surface area contributed by atoms with E-state index in [-0.39, 0.29) is 23.7 Å². The predicted molar refractivity (Wildman–Crippen MR) is 124 cm³/mol. The van der Waals surface area contributed by atoms with Gasteiger partial charge in [0.2, 0.25) is 0 Å². The van der Waals surface area contributed by atoms with Crippen LogP contribution in [-0.2, 0) is 4.79 Å². The number of anilines is 2. The van der Waals surface area contributed by atoms with E-state index in [2.05, 4.69) is 28.2 Å². The number of thiophene rings is 1. The van der Waals surface area contributed by atoms with Crippen LogP contribution in [0.25, 0.3) is 0 Å². The molecule has 1 aliphatic carbocycles. The Morgan fingerprint density at radius 2 is 1.81 bits per heavy atom. The lowest BCUT2D eigenvalue weighted by Gasteiger charge is -2.33. The zero-order chi connectivity index (χ0) is 21.4. The standard InChI is InChI=1S/C25H24N2O3S/c1-29-21-10-5-7-16(25(21)30-2)24-23-19(26-17-8-3-4-9-18(17)27-24)13-15(14-20(23)28)22-11-6-12-31-22/h3-13,15,23-24,26-27H,14H2,1-2H3. The highest BCUT2D eigenvalue weighted by Gasteiger charge is 2.41. The van der Waals surface area contributed by atoms with Crippen molar-refractivity contribution in [3.8, 4) is 11.5 Å². The van der Waals surface area contributed by atoms with E-state index >= 15 is 0 Å². The normalized spacial score (nSPS) is 22.2. The van der Waals surface area contributed by atoms with Gasteiger partial charge in [0, 0.05) is 28.5 Å². The lowest BCUT2D eigenvalue weighted by molar-refractivity contribution is -0.122. The van der Waals surface area contributed by atoms with Crippen molar-refractivity contribution in [1.82, 2.24) is 0 Å². The molecule has 0 amide bonds. The van der Waals surface area contributed by atoms with Crippen molar-refractivity contribution in [1.29, 1.82) is 0 Å². The second kappa shape index (κ2) is 8.12. The Labute approximate surface area is 185 Å². The molecule has 0 saturated carbocycles. The van der Waals surface area contributed by atoms with Crippen LogP contribution < -0.4 is 20.1 Å². The number of carbonyl (C=O) groups is 1. The fraction of sp³-hybridized carbons (Fsp3) is 0.240. The van der Waals surface area contributed by atoms with E-state index in [0.717, 1.165) is 22.6 Å². The second-order valence-corrected chi connectivity index (χ2v) is 8.75. The number of para-hydroxylation sites is 3. The molecule has 158 valence electrons. The zero-order valence-corrected chi connectivity index (χ0v) is 18.2. The van der Waals surface area contributed by atoms with Gasteiger partial charge >= 0.3 is 0 Å². The third-order valence-electron chi connectivity index (χ3n) is 6.01. The van der Waals surface area contributed by atoms with E-state index in [1.54, 1.807) is 25.6 Å². The van der Waals surface area contributed by atoms with Crippen LogP contribution in [0.1, 0.15) is 28.8 Å². The first-order valence-corrected chi connectivity index (χ1v) is 11.2. The minimum atomic E-state index is -0.357. The summed E-state index contributed by atoms with van der Waals surface area (Å²) in [7, 11) is 3.26. The van der Waals surface area contributed by atoms with Gasteiger partial charge in [-0.1, -0.05) is 36.4 Å². The lowest BCUT2D eigenvalue weighted by atomic mass is 9.78. The first kappa shape index (κ1) is 19.7. The van der Waals surface area contributed by atoms with Crippen molar-refractivity contribution in [3.63, 3.8) is 0 Å². The van der Waals surface area contributed by atoms with Gasteiger partial charge in [0.25, 0.3) is 0 Å². The minimum Gasteiger partial charge on any atom is -0.493 e. The number of hydrogen-bond donors (Lipinski definition) is 2. The maximum Gasteiger partial charge on any atom is 0.166 e. The average Bonchev–Trinajstić information content (AvgIpc) is 3.27. The average molecular weight is 433 g/mol. The SMILES string of the molecule is COc1cccc(C2Nc3ccccc3NC3=CC(c4cccs4)CC(=O)C32)c1OC. The summed E-state index contributed by atoms with van der Waals surface area (Å²) in [5.41, 5.74) is 3.75. The lowest BCUT2D eigenvalue weighted by Crippen LogP contribution is -2.34. The van der Waals surface area contributed by atoms with E-state index < -0.39 is 0 Å². The van der Waals surface area contributed by atoms with Gasteiger partial charge in [-0.3, -0.25) is 4.79 Å². The number of rotatable bonds is 4. The molecule has 31 heavy (non-hydrogen) atoms. The molecular weight excluding hydrogens is 408 g/mol. The molecular formula is C25H24N2O3S. The molecule has 2 aliphatic rings. The van der Waals surface area contributed by atoms with Crippen LogP contribution >= 0.6 is 11.3 Å². The summed E-state index contributed by atoms with van der Waals surface area (Å²) in [6.45, 7) is 0. The molecule has 5 nitrogen and oxygen atoms in total. The minimum absolute atomic E-state index is 0.0874. The first-order valence-electron chi connectivity index (χ1n) is 10.3. The molecule has 2 aromatic carbocycles. The van der Waals surface area contributed by atoms with E-state index in [0.29, 0.717) is 17.9 Å². The van der Waals surface area contributed by atoms with Crippen molar-refractivity contribution in [3.05, 3.63) is 82.2 Å². The summed E-state index contributed by atoms with van der Waals surface area (Å²) < 4.78 is 11.3. The molecule has 5 rings (SSSR count). The number of Topliss-reactive ketones (excluding diaryl/α,β-unsaturated/α-hetero) is 1. The van der Waals surface area contributed by atoms with Crippen molar-refractivity contribution < 1.29 is 14.3 Å². The highest BCUT2D eigenvalue weighted by Crippen LogP contribution is 2.47. The molecule has 0 radical (unpaired) electrons. The summed E-state index contributed by atoms with van der Waals surface area (Å²) >= 11 is 1.69. The van der Waals surface area contributed by atoms with E-state index in [9.17, 15) is 4.79 Å². The molecule has 2 heterocycles. The third kappa shape index (κ3) is 3.47.